The summed E-state index contributed by atoms with van der Waals surface area (Å²) in [7, 11) is 0. The second kappa shape index (κ2) is 26.8. The van der Waals surface area contributed by atoms with E-state index >= 15 is 0 Å². The molecule has 2 unspecified atom stereocenters. The monoisotopic (exact) mass is 1070 g/mol. The van der Waals surface area contributed by atoms with Crippen LogP contribution in [0, 0.1) is 5.92 Å². The molecule has 3 heterocycles. The lowest BCUT2D eigenvalue weighted by Crippen LogP contribution is -2.54. The van der Waals surface area contributed by atoms with Crippen LogP contribution in [0.15, 0.2) is 121 Å². The number of urea groups is 1. The summed E-state index contributed by atoms with van der Waals surface area (Å²) < 4.78 is 11.5. The zero-order valence-electron chi connectivity index (χ0n) is 42.1. The zero-order valence-corrected chi connectivity index (χ0v) is 42.1. The summed E-state index contributed by atoms with van der Waals surface area (Å²) in [5.41, 5.74) is 10.5. The van der Waals surface area contributed by atoms with Crippen molar-refractivity contribution in [3.05, 3.63) is 155 Å². The first-order valence-electron chi connectivity index (χ1n) is 24.6. The quantitative estimate of drug-likeness (QED) is 0.0240. The summed E-state index contributed by atoms with van der Waals surface area (Å²) in [6, 6.07) is 25.9. The van der Waals surface area contributed by atoms with Gasteiger partial charge in [0.15, 0.2) is 0 Å². The van der Waals surface area contributed by atoms with E-state index in [1.807, 2.05) is 30.3 Å². The molecule has 0 aromatic heterocycles. The summed E-state index contributed by atoms with van der Waals surface area (Å²) in [6.45, 7) is 2.60. The molecule has 4 aromatic rings. The van der Waals surface area contributed by atoms with Crippen LogP contribution in [0.2, 0.25) is 0 Å². The molecule has 0 radical (unpaired) electrons. The van der Waals surface area contributed by atoms with Gasteiger partial charge in [0.05, 0.1) is 32.2 Å². The molecule has 24 nitrogen and oxygen atoms in total. The number of nitrogens with two attached hydrogens (primary N) is 1. The van der Waals surface area contributed by atoms with Gasteiger partial charge in [-0.3, -0.25) is 58.2 Å². The Morgan fingerprint density at radius 2 is 1.35 bits per heavy atom. The number of imide groups is 2. The van der Waals surface area contributed by atoms with Crippen molar-refractivity contribution in [1.29, 1.82) is 0 Å². The standard InChI is InChI=1S/C54H57N11O13/c1-32(61-47(69)27-56-45(67)25-58-51(73)43(23-55)65-48(70)19-20-49(65)71)41(22-33-5-3-2-4-6-33)50(72)57-26-46(68)60-31-77-29-34-7-9-35(10-8-34)30-78-39-14-12-38(13-15-39)62-54(76)59-24-36-11-16-40-37(21-36)28-64(53(40)75)42-17-18-44(66)63-52(42)74/h2-16,19-21,41-43H,1,17-18,22-31,55H2,(H,56,67)(H,57,72)(H,58,73)(H,60,68)(H,61,69)(H2,59,62,76)(H,63,66,74)/t41-,42?,43?/m1/s1. The molecule has 0 spiro atoms. The molecule has 3 aliphatic heterocycles. The molecule has 1 fully saturated rings. The first kappa shape index (κ1) is 56.2. The van der Waals surface area contributed by atoms with E-state index < -0.39 is 90.9 Å². The van der Waals surface area contributed by atoms with Crippen LogP contribution in [-0.2, 0) is 80.6 Å². The minimum atomic E-state index is -1.34. The second-order valence-corrected chi connectivity index (χ2v) is 18.1. The molecule has 406 valence electrons. The number of nitrogens with zero attached hydrogens (tertiary/aromatic N) is 2. The van der Waals surface area contributed by atoms with Crippen molar-refractivity contribution in [3.8, 4) is 5.75 Å². The Morgan fingerprint density at radius 1 is 0.705 bits per heavy atom. The van der Waals surface area contributed by atoms with Crippen molar-refractivity contribution in [3.63, 3.8) is 0 Å². The normalized spacial score (nSPS) is 15.3. The van der Waals surface area contributed by atoms with Crippen LogP contribution >= 0.6 is 0 Å². The Bertz CT molecular complexity index is 2990. The number of carbonyl (C=O) groups excluding carboxylic acids is 11. The average Bonchev–Trinajstić information content (AvgIpc) is 4.01. The molecule has 7 rings (SSSR count). The summed E-state index contributed by atoms with van der Waals surface area (Å²) in [6.07, 6.45) is 2.54. The fourth-order valence-electron chi connectivity index (χ4n) is 8.39. The number of fused-ring (bicyclic) bond motifs is 1. The minimum absolute atomic E-state index is 0.00709. The summed E-state index contributed by atoms with van der Waals surface area (Å²) >= 11 is 0. The van der Waals surface area contributed by atoms with E-state index in [2.05, 4.69) is 49.1 Å². The van der Waals surface area contributed by atoms with Gasteiger partial charge >= 0.3 is 6.03 Å². The van der Waals surface area contributed by atoms with Crippen LogP contribution < -0.4 is 53.0 Å². The zero-order chi connectivity index (χ0) is 55.7. The molecule has 0 bridgehead atoms. The highest BCUT2D eigenvalue weighted by Gasteiger charge is 2.39. The Morgan fingerprint density at radius 3 is 2.03 bits per heavy atom. The predicted octanol–water partition coefficient (Wildman–Crippen LogP) is 0.0283. The number of nitrogens with one attached hydrogen (secondary N) is 8. The van der Waals surface area contributed by atoms with E-state index in [0.29, 0.717) is 21.9 Å². The summed E-state index contributed by atoms with van der Waals surface area (Å²) in [4.78, 5) is 140. The van der Waals surface area contributed by atoms with Gasteiger partial charge in [0, 0.05) is 55.2 Å². The maximum Gasteiger partial charge on any atom is 0.319 e. The van der Waals surface area contributed by atoms with E-state index in [1.54, 1.807) is 66.7 Å². The van der Waals surface area contributed by atoms with E-state index in [9.17, 15) is 52.7 Å². The molecule has 0 aliphatic carbocycles. The molecular formula is C54H57N11O13. The van der Waals surface area contributed by atoms with Crippen molar-refractivity contribution >= 4 is 70.8 Å². The minimum Gasteiger partial charge on any atom is -0.489 e. The number of benzene rings is 4. The van der Waals surface area contributed by atoms with E-state index in [0.717, 1.165) is 40.0 Å². The van der Waals surface area contributed by atoms with Gasteiger partial charge in [-0.25, -0.2) is 4.79 Å². The molecule has 4 aromatic carbocycles. The number of carbonyl (C=O) groups is 11. The van der Waals surface area contributed by atoms with Crippen LogP contribution in [0.4, 0.5) is 10.5 Å². The number of piperidine rings is 1. The van der Waals surface area contributed by atoms with Crippen LogP contribution in [0.1, 0.15) is 51.0 Å². The first-order valence-corrected chi connectivity index (χ1v) is 24.6. The Balaban J connectivity index is 0.765. The molecular weight excluding hydrogens is 1010 g/mol. The van der Waals surface area contributed by atoms with E-state index in [4.69, 9.17) is 15.2 Å². The smallest absolute Gasteiger partial charge is 0.319 e. The highest BCUT2D eigenvalue weighted by molar-refractivity contribution is 6.15. The fourth-order valence-corrected chi connectivity index (χ4v) is 8.39. The number of hydrogen-bond acceptors (Lipinski definition) is 14. The van der Waals surface area contributed by atoms with Crippen LogP contribution in [0.25, 0.3) is 0 Å². The van der Waals surface area contributed by atoms with E-state index in [1.165, 1.54) is 4.90 Å². The average molecular weight is 1070 g/mol. The molecule has 3 atom stereocenters. The molecule has 78 heavy (non-hydrogen) atoms. The number of hydrogen-bond donors (Lipinski definition) is 9. The third-order valence-corrected chi connectivity index (χ3v) is 12.5. The third kappa shape index (κ3) is 15.5. The number of anilines is 1. The Kier molecular flexibility index (Phi) is 19.3. The first-order chi connectivity index (χ1) is 37.5. The topological polar surface area (TPSA) is 335 Å². The third-order valence-electron chi connectivity index (χ3n) is 12.5. The number of amides is 12. The van der Waals surface area contributed by atoms with Gasteiger partial charge < -0.3 is 57.3 Å². The lowest BCUT2D eigenvalue weighted by molar-refractivity contribution is -0.145. The Labute approximate surface area is 446 Å². The maximum absolute atomic E-state index is 13.4. The predicted molar refractivity (Wildman–Crippen MR) is 277 cm³/mol. The van der Waals surface area contributed by atoms with Crippen LogP contribution in [0.3, 0.4) is 0 Å². The van der Waals surface area contributed by atoms with Gasteiger partial charge in [-0.2, -0.15) is 0 Å². The van der Waals surface area contributed by atoms with Gasteiger partial charge in [-0.05, 0) is 71.0 Å². The molecule has 12 amide bonds. The van der Waals surface area contributed by atoms with Crippen LogP contribution in [0.5, 0.6) is 5.75 Å². The highest BCUT2D eigenvalue weighted by Crippen LogP contribution is 2.28. The van der Waals surface area contributed by atoms with Gasteiger partial charge in [-0.1, -0.05) is 73.3 Å². The van der Waals surface area contributed by atoms with Gasteiger partial charge in [-0.15, -0.1) is 0 Å². The number of ether oxygens (including phenoxy) is 2. The van der Waals surface area contributed by atoms with Gasteiger partial charge in [0.1, 0.15) is 31.2 Å². The van der Waals surface area contributed by atoms with Crippen molar-refractivity contribution < 1.29 is 62.2 Å². The van der Waals surface area contributed by atoms with Gasteiger partial charge in [0.25, 0.3) is 17.7 Å². The highest BCUT2D eigenvalue weighted by atomic mass is 16.5. The van der Waals surface area contributed by atoms with Crippen molar-refractivity contribution in [1.82, 2.24) is 47.0 Å². The maximum atomic E-state index is 13.4. The Hall–Kier alpha value is -9.55. The van der Waals surface area contributed by atoms with Crippen molar-refractivity contribution in [2.75, 3.05) is 38.2 Å². The largest absolute Gasteiger partial charge is 0.489 e. The molecule has 1 saturated heterocycles. The summed E-state index contributed by atoms with van der Waals surface area (Å²) in [5.74, 6) is -6.51. The van der Waals surface area contributed by atoms with Crippen molar-refractivity contribution in [2.24, 2.45) is 11.7 Å². The summed E-state index contributed by atoms with van der Waals surface area (Å²) in [5, 5.41) is 20.1. The lowest BCUT2D eigenvalue weighted by atomic mass is 9.95. The molecule has 3 aliphatic rings. The molecule has 24 heteroatoms. The van der Waals surface area contributed by atoms with E-state index in [-0.39, 0.29) is 76.4 Å². The van der Waals surface area contributed by atoms with Crippen molar-refractivity contribution in [2.45, 2.75) is 57.6 Å². The molecule has 0 saturated carbocycles. The second-order valence-electron chi connectivity index (χ2n) is 18.1. The molecule has 10 N–H and O–H groups in total. The van der Waals surface area contributed by atoms with Crippen LogP contribution in [-0.4, -0.2) is 120 Å². The van der Waals surface area contributed by atoms with Gasteiger partial charge in [0.2, 0.25) is 41.4 Å². The fraction of sp³-hybridized carbons (Fsp3) is 0.278. The number of rotatable bonds is 25. The lowest BCUT2D eigenvalue weighted by Gasteiger charge is -2.29. The SMILES string of the molecule is C=C(NC(=O)CNC(=O)CNC(=O)C(CN)N1C(=O)C=CC1=O)[C@@H](Cc1ccccc1)C(=O)NCC(=O)NCOCc1ccc(COc2ccc(NC(=O)NCc3ccc4c(c3)CN(C3CCC(=O)NC3=O)C4=O)cc2)cc1.